The van der Waals surface area contributed by atoms with E-state index in [4.69, 9.17) is 4.74 Å². The number of halogens is 2. The van der Waals surface area contributed by atoms with Gasteiger partial charge in [0.2, 0.25) is 0 Å². The van der Waals surface area contributed by atoms with Crippen LogP contribution in [0.15, 0.2) is 48.5 Å². The van der Waals surface area contributed by atoms with Gasteiger partial charge in [-0.2, -0.15) is 0 Å². The third-order valence-corrected chi connectivity index (χ3v) is 6.43. The molecule has 0 aliphatic heterocycles. The summed E-state index contributed by atoms with van der Waals surface area (Å²) in [6.45, 7) is 1.91. The van der Waals surface area contributed by atoms with Crippen LogP contribution in [-0.2, 0) is 9.53 Å². The summed E-state index contributed by atoms with van der Waals surface area (Å²) in [4.78, 5) is 12.7. The van der Waals surface area contributed by atoms with Crippen molar-refractivity contribution in [3.05, 3.63) is 71.3 Å². The van der Waals surface area contributed by atoms with Crippen LogP contribution in [0.5, 0.6) is 0 Å². The average Bonchev–Trinajstić information content (AvgIpc) is 3.08. The molecule has 148 valence electrons. The minimum absolute atomic E-state index is 0.0767. The summed E-state index contributed by atoms with van der Waals surface area (Å²) in [5, 5.41) is 0. The van der Waals surface area contributed by atoms with Crippen LogP contribution >= 0.6 is 0 Å². The van der Waals surface area contributed by atoms with Crippen LogP contribution in [0.3, 0.4) is 0 Å². The largest absolute Gasteiger partial charge is 0.365 e. The van der Waals surface area contributed by atoms with Gasteiger partial charge in [0.1, 0.15) is 23.5 Å². The van der Waals surface area contributed by atoms with E-state index in [0.717, 1.165) is 36.8 Å². The maximum absolute atomic E-state index is 13.5. The summed E-state index contributed by atoms with van der Waals surface area (Å²) in [5.41, 5.74) is 1.63. The van der Waals surface area contributed by atoms with E-state index < -0.39 is 6.10 Å². The van der Waals surface area contributed by atoms with Crippen molar-refractivity contribution in [2.75, 3.05) is 0 Å². The fraction of sp³-hybridized carbons (Fsp3) is 0.458. The minimum Gasteiger partial charge on any atom is -0.365 e. The fourth-order valence-electron chi connectivity index (χ4n) is 5.08. The number of hydrogen-bond acceptors (Lipinski definition) is 2. The van der Waals surface area contributed by atoms with E-state index in [1.165, 1.54) is 24.3 Å². The first-order chi connectivity index (χ1) is 13.5. The van der Waals surface area contributed by atoms with Crippen molar-refractivity contribution in [2.24, 2.45) is 17.8 Å². The van der Waals surface area contributed by atoms with Gasteiger partial charge in [-0.25, -0.2) is 8.78 Å². The Morgan fingerprint density at radius 3 is 2.07 bits per heavy atom. The molecule has 0 radical (unpaired) electrons. The van der Waals surface area contributed by atoms with Gasteiger partial charge in [0, 0.05) is 12.3 Å². The predicted molar refractivity (Wildman–Crippen MR) is 104 cm³/mol. The molecular formula is C24H26F2O2. The average molecular weight is 384 g/mol. The Labute approximate surface area is 164 Å². The quantitative estimate of drug-likeness (QED) is 0.624. The number of carbonyl (C=O) groups is 1. The summed E-state index contributed by atoms with van der Waals surface area (Å²) < 4.78 is 33.5. The smallest absolute Gasteiger partial charge is 0.138 e. The van der Waals surface area contributed by atoms with Crippen LogP contribution < -0.4 is 0 Å². The Balaban J connectivity index is 1.67. The Hall–Kier alpha value is -2.07. The second-order valence-corrected chi connectivity index (χ2v) is 8.18. The van der Waals surface area contributed by atoms with Crippen LogP contribution in [0.2, 0.25) is 0 Å². The summed E-state index contributed by atoms with van der Waals surface area (Å²) in [6, 6.07) is 12.5. The summed E-state index contributed by atoms with van der Waals surface area (Å²) >= 11 is 0. The van der Waals surface area contributed by atoms with Gasteiger partial charge in [-0.3, -0.25) is 4.79 Å². The lowest BCUT2D eigenvalue weighted by molar-refractivity contribution is -0.136. The van der Waals surface area contributed by atoms with E-state index in [1.807, 2.05) is 6.92 Å². The van der Waals surface area contributed by atoms with Crippen molar-refractivity contribution < 1.29 is 18.3 Å². The second kappa shape index (κ2) is 8.12. The molecule has 0 amide bonds. The number of benzene rings is 2. The molecule has 2 aliphatic rings. The lowest BCUT2D eigenvalue weighted by atomic mass is 9.75. The predicted octanol–water partition coefficient (Wildman–Crippen LogP) is 5.85. The number of hydrogen-bond donors (Lipinski definition) is 0. The molecule has 0 spiro atoms. The molecule has 2 saturated carbocycles. The molecule has 28 heavy (non-hydrogen) atoms. The van der Waals surface area contributed by atoms with E-state index >= 15 is 0 Å². The zero-order valence-corrected chi connectivity index (χ0v) is 16.1. The third kappa shape index (κ3) is 3.88. The van der Waals surface area contributed by atoms with Crippen LogP contribution in [0.1, 0.15) is 56.3 Å². The fourth-order valence-corrected chi connectivity index (χ4v) is 5.08. The SMILES string of the molecule is CCC(=O)[C@@H]1[C@@H]2CCC(C2)C[C@H]1OC(c1ccc(F)cc1)c1ccc(F)cc1. The topological polar surface area (TPSA) is 26.3 Å². The molecule has 2 fully saturated rings. The van der Waals surface area contributed by atoms with Gasteiger partial charge in [0.05, 0.1) is 6.10 Å². The first kappa shape index (κ1) is 19.3. The zero-order valence-electron chi connectivity index (χ0n) is 16.1. The molecule has 4 atom stereocenters. The maximum Gasteiger partial charge on any atom is 0.138 e. The number of carbonyl (C=O) groups excluding carboxylic acids is 1. The highest BCUT2D eigenvalue weighted by Crippen LogP contribution is 2.48. The minimum atomic E-state index is -0.448. The van der Waals surface area contributed by atoms with Gasteiger partial charge < -0.3 is 4.74 Å². The van der Waals surface area contributed by atoms with Crippen LogP contribution in [0.4, 0.5) is 8.78 Å². The molecule has 2 aromatic rings. The molecule has 2 bridgehead atoms. The van der Waals surface area contributed by atoms with Gasteiger partial charge >= 0.3 is 0 Å². The number of ketones is 1. The standard InChI is InChI=1S/C24H26F2O2/c1-2-21(27)23-18-4-3-15(13-18)14-22(23)28-24(16-5-9-19(25)10-6-16)17-7-11-20(26)12-8-17/h5-12,15,18,22-24H,2-4,13-14H2,1H3/t15?,18-,22-,23+/m1/s1. The van der Waals surface area contributed by atoms with E-state index in [0.29, 0.717) is 18.3 Å². The molecule has 0 heterocycles. The molecular weight excluding hydrogens is 358 g/mol. The summed E-state index contributed by atoms with van der Waals surface area (Å²) in [6.07, 6.45) is 4.17. The maximum atomic E-state index is 13.5. The highest BCUT2D eigenvalue weighted by molar-refractivity contribution is 5.81. The van der Waals surface area contributed by atoms with Crippen LogP contribution in [-0.4, -0.2) is 11.9 Å². The van der Waals surface area contributed by atoms with Crippen LogP contribution in [0.25, 0.3) is 0 Å². The van der Waals surface area contributed by atoms with Crippen molar-refractivity contribution in [1.82, 2.24) is 0 Å². The second-order valence-electron chi connectivity index (χ2n) is 8.18. The van der Waals surface area contributed by atoms with Gasteiger partial charge in [0.15, 0.2) is 0 Å². The van der Waals surface area contributed by atoms with Gasteiger partial charge in [0.25, 0.3) is 0 Å². The molecule has 0 aromatic heterocycles. The lowest BCUT2D eigenvalue weighted by Crippen LogP contribution is -2.40. The molecule has 2 aliphatic carbocycles. The number of Topliss-reactive ketones (excluding diaryl/α,β-unsaturated/α-hetero) is 1. The Bertz CT molecular complexity index is 770. The number of rotatable bonds is 6. The zero-order chi connectivity index (χ0) is 19.7. The highest BCUT2D eigenvalue weighted by atomic mass is 19.1. The Morgan fingerprint density at radius 2 is 1.54 bits per heavy atom. The van der Waals surface area contributed by atoms with Gasteiger partial charge in [-0.05, 0) is 66.5 Å². The monoisotopic (exact) mass is 384 g/mol. The van der Waals surface area contributed by atoms with Crippen molar-refractivity contribution >= 4 is 5.78 Å². The van der Waals surface area contributed by atoms with E-state index in [1.54, 1.807) is 24.3 Å². The van der Waals surface area contributed by atoms with E-state index in [-0.39, 0.29) is 29.4 Å². The highest BCUT2D eigenvalue weighted by Gasteiger charge is 2.46. The van der Waals surface area contributed by atoms with Gasteiger partial charge in [-0.1, -0.05) is 37.6 Å². The van der Waals surface area contributed by atoms with Crippen molar-refractivity contribution in [2.45, 2.75) is 51.2 Å². The summed E-state index contributed by atoms with van der Waals surface area (Å²) in [5.74, 6) is 0.587. The molecule has 2 aromatic carbocycles. The Morgan fingerprint density at radius 1 is 0.964 bits per heavy atom. The molecule has 4 heteroatoms. The molecule has 4 rings (SSSR count). The van der Waals surface area contributed by atoms with Crippen LogP contribution in [0, 0.1) is 29.4 Å². The number of fused-ring (bicyclic) bond motifs is 2. The molecule has 0 saturated heterocycles. The Kier molecular flexibility index (Phi) is 5.58. The molecule has 1 unspecified atom stereocenters. The van der Waals surface area contributed by atoms with E-state index in [9.17, 15) is 13.6 Å². The molecule has 2 nitrogen and oxygen atoms in total. The number of ether oxygens (including phenoxy) is 1. The molecule has 0 N–H and O–H groups in total. The third-order valence-electron chi connectivity index (χ3n) is 6.43. The van der Waals surface area contributed by atoms with Crippen molar-refractivity contribution in [3.63, 3.8) is 0 Å². The first-order valence-corrected chi connectivity index (χ1v) is 10.2. The van der Waals surface area contributed by atoms with Crippen molar-refractivity contribution in [3.8, 4) is 0 Å². The van der Waals surface area contributed by atoms with Crippen molar-refractivity contribution in [1.29, 1.82) is 0 Å². The summed E-state index contributed by atoms with van der Waals surface area (Å²) in [7, 11) is 0. The van der Waals surface area contributed by atoms with E-state index in [2.05, 4.69) is 0 Å². The lowest BCUT2D eigenvalue weighted by Gasteiger charge is -2.38. The van der Waals surface area contributed by atoms with Gasteiger partial charge in [-0.15, -0.1) is 0 Å². The first-order valence-electron chi connectivity index (χ1n) is 10.2. The normalized spacial score (nSPS) is 26.6.